The molecule has 6 nitrogen and oxygen atoms in total. The van der Waals surface area contributed by atoms with Crippen molar-refractivity contribution >= 4 is 0 Å². The summed E-state index contributed by atoms with van der Waals surface area (Å²) < 4.78 is 1.68. The summed E-state index contributed by atoms with van der Waals surface area (Å²) in [7, 11) is 0. The Morgan fingerprint density at radius 1 is 1.36 bits per heavy atom. The molecule has 0 unspecified atom stereocenters. The number of nitriles is 1. The molecule has 0 aliphatic carbocycles. The summed E-state index contributed by atoms with van der Waals surface area (Å²) in [6, 6.07) is 10.4. The zero-order valence-corrected chi connectivity index (χ0v) is 12.8. The predicted molar refractivity (Wildman–Crippen MR) is 82.0 cm³/mol. The Labute approximate surface area is 129 Å². The summed E-state index contributed by atoms with van der Waals surface area (Å²) in [6.45, 7) is 6.71. The first-order valence-electron chi connectivity index (χ1n) is 7.37. The second-order valence-electron chi connectivity index (χ2n) is 6.20. The molecule has 114 valence electrons. The number of nitrogens with one attached hydrogen (secondary N) is 1. The quantitative estimate of drug-likeness (QED) is 0.928. The summed E-state index contributed by atoms with van der Waals surface area (Å²) >= 11 is 0. The van der Waals surface area contributed by atoms with Crippen molar-refractivity contribution in [2.45, 2.75) is 38.9 Å². The van der Waals surface area contributed by atoms with Crippen LogP contribution in [0, 0.1) is 11.3 Å². The van der Waals surface area contributed by atoms with Crippen LogP contribution in [0.1, 0.15) is 30.8 Å². The zero-order chi connectivity index (χ0) is 15.7. The van der Waals surface area contributed by atoms with Gasteiger partial charge in [0.1, 0.15) is 5.82 Å². The first-order valence-corrected chi connectivity index (χ1v) is 7.37. The number of nitrogens with zero attached hydrogens (tertiary/aromatic N) is 4. The summed E-state index contributed by atoms with van der Waals surface area (Å²) in [4.78, 5) is 13.8. The Morgan fingerprint density at radius 3 is 2.91 bits per heavy atom. The zero-order valence-electron chi connectivity index (χ0n) is 12.8. The fourth-order valence-corrected chi connectivity index (χ4v) is 2.93. The first-order chi connectivity index (χ1) is 10.5. The molecule has 1 aliphatic rings. The molecule has 3 rings (SSSR count). The predicted octanol–water partition coefficient (Wildman–Crippen LogP) is 1.39. The summed E-state index contributed by atoms with van der Waals surface area (Å²) in [5, 5.41) is 16.0. The molecule has 0 atom stereocenters. The molecule has 1 N–H and O–H groups in total. The molecule has 22 heavy (non-hydrogen) atoms. The van der Waals surface area contributed by atoms with Crippen LogP contribution in [0.15, 0.2) is 29.1 Å². The van der Waals surface area contributed by atoms with Gasteiger partial charge in [0.05, 0.1) is 18.0 Å². The molecule has 0 fully saturated rings. The van der Waals surface area contributed by atoms with Crippen molar-refractivity contribution in [2.24, 2.45) is 0 Å². The Bertz CT molecular complexity index is 780. The summed E-state index contributed by atoms with van der Waals surface area (Å²) in [5.74, 6) is 0.772. The molecule has 1 aliphatic heterocycles. The average molecular weight is 297 g/mol. The van der Waals surface area contributed by atoms with Crippen molar-refractivity contribution in [2.75, 3.05) is 6.54 Å². The van der Waals surface area contributed by atoms with E-state index in [4.69, 9.17) is 0 Å². The molecule has 2 aromatic rings. The minimum atomic E-state index is -0.513. The van der Waals surface area contributed by atoms with Crippen LogP contribution in [-0.2, 0) is 25.0 Å². The van der Waals surface area contributed by atoms with Crippen LogP contribution in [0.3, 0.4) is 0 Å². The third-order valence-corrected chi connectivity index (χ3v) is 4.21. The molecule has 0 bridgehead atoms. The molecule has 0 saturated heterocycles. The number of hydrogen-bond donors (Lipinski definition) is 1. The maximum atomic E-state index is 11.5. The SMILES string of the molecule is CC(C)(C#N)c1ccccc1CN1CCn2c(n[nH]c2=O)C1. The van der Waals surface area contributed by atoms with E-state index in [1.54, 1.807) is 4.57 Å². The Morgan fingerprint density at radius 2 is 2.14 bits per heavy atom. The van der Waals surface area contributed by atoms with Gasteiger partial charge in [-0.3, -0.25) is 9.47 Å². The lowest BCUT2D eigenvalue weighted by molar-refractivity contribution is 0.206. The van der Waals surface area contributed by atoms with Gasteiger partial charge in [-0.25, -0.2) is 9.89 Å². The van der Waals surface area contributed by atoms with Gasteiger partial charge < -0.3 is 0 Å². The van der Waals surface area contributed by atoms with Crippen LogP contribution in [0.2, 0.25) is 0 Å². The highest BCUT2D eigenvalue weighted by atomic mass is 16.1. The summed E-state index contributed by atoms with van der Waals surface area (Å²) in [5.41, 5.74) is 1.56. The maximum Gasteiger partial charge on any atom is 0.343 e. The lowest BCUT2D eigenvalue weighted by Gasteiger charge is -2.29. The van der Waals surface area contributed by atoms with E-state index in [1.165, 1.54) is 0 Å². The highest BCUT2D eigenvalue weighted by Gasteiger charge is 2.25. The molecule has 1 aromatic carbocycles. The van der Waals surface area contributed by atoms with Gasteiger partial charge in [-0.1, -0.05) is 24.3 Å². The van der Waals surface area contributed by atoms with Gasteiger partial charge in [0.15, 0.2) is 0 Å². The third kappa shape index (κ3) is 2.55. The second-order valence-corrected chi connectivity index (χ2v) is 6.20. The Hall–Kier alpha value is -2.39. The number of fused-ring (bicyclic) bond motifs is 1. The smallest absolute Gasteiger partial charge is 0.290 e. The topological polar surface area (TPSA) is 77.7 Å². The molecule has 0 saturated carbocycles. The minimum absolute atomic E-state index is 0.138. The number of H-pyrrole nitrogens is 1. The number of aromatic nitrogens is 3. The van der Waals surface area contributed by atoms with Crippen molar-refractivity contribution in [1.29, 1.82) is 5.26 Å². The van der Waals surface area contributed by atoms with Crippen molar-refractivity contribution < 1.29 is 0 Å². The van der Waals surface area contributed by atoms with Gasteiger partial charge >= 0.3 is 5.69 Å². The van der Waals surface area contributed by atoms with Gasteiger partial charge in [0.25, 0.3) is 0 Å². The standard InChI is InChI=1S/C16H19N5O/c1-16(2,11-17)13-6-4-3-5-12(13)9-20-7-8-21-14(10-20)18-19-15(21)22/h3-6H,7-10H2,1-2H3,(H,19,22). The number of hydrogen-bond acceptors (Lipinski definition) is 4. The monoisotopic (exact) mass is 297 g/mol. The molecule has 0 spiro atoms. The molecule has 6 heteroatoms. The molecular formula is C16H19N5O. The minimum Gasteiger partial charge on any atom is -0.290 e. The van der Waals surface area contributed by atoms with E-state index in [-0.39, 0.29) is 5.69 Å². The number of rotatable bonds is 3. The number of aromatic amines is 1. The van der Waals surface area contributed by atoms with Crippen LogP contribution in [0.4, 0.5) is 0 Å². The van der Waals surface area contributed by atoms with E-state index in [1.807, 2.05) is 32.0 Å². The van der Waals surface area contributed by atoms with Crippen LogP contribution in [-0.4, -0.2) is 26.2 Å². The first kappa shape index (κ1) is 14.5. The van der Waals surface area contributed by atoms with Crippen LogP contribution >= 0.6 is 0 Å². The molecular weight excluding hydrogens is 278 g/mol. The van der Waals surface area contributed by atoms with E-state index in [9.17, 15) is 10.1 Å². The van der Waals surface area contributed by atoms with Gasteiger partial charge in [-0.05, 0) is 25.0 Å². The fraction of sp³-hybridized carbons (Fsp3) is 0.438. The second kappa shape index (κ2) is 5.43. The van der Waals surface area contributed by atoms with Crippen molar-refractivity contribution in [1.82, 2.24) is 19.7 Å². The van der Waals surface area contributed by atoms with Gasteiger partial charge in [-0.15, -0.1) is 0 Å². The van der Waals surface area contributed by atoms with Crippen LogP contribution in [0.5, 0.6) is 0 Å². The molecule has 0 amide bonds. The van der Waals surface area contributed by atoms with Gasteiger partial charge in [0, 0.05) is 19.6 Å². The van der Waals surface area contributed by atoms with Crippen molar-refractivity contribution in [3.8, 4) is 6.07 Å². The number of benzene rings is 1. The third-order valence-electron chi connectivity index (χ3n) is 4.21. The van der Waals surface area contributed by atoms with E-state index in [0.29, 0.717) is 13.1 Å². The lowest BCUT2D eigenvalue weighted by atomic mass is 9.83. The van der Waals surface area contributed by atoms with Gasteiger partial charge in [0.2, 0.25) is 0 Å². The van der Waals surface area contributed by atoms with E-state index < -0.39 is 5.41 Å². The molecule has 2 heterocycles. The van der Waals surface area contributed by atoms with Crippen molar-refractivity contribution in [3.63, 3.8) is 0 Å². The van der Waals surface area contributed by atoms with Crippen LogP contribution in [0.25, 0.3) is 0 Å². The normalized spacial score (nSPS) is 15.3. The van der Waals surface area contributed by atoms with Crippen LogP contribution < -0.4 is 5.69 Å². The van der Waals surface area contributed by atoms with Gasteiger partial charge in [-0.2, -0.15) is 10.4 Å². The highest BCUT2D eigenvalue weighted by Crippen LogP contribution is 2.27. The average Bonchev–Trinajstić information content (AvgIpc) is 2.88. The van der Waals surface area contributed by atoms with E-state index in [2.05, 4.69) is 27.2 Å². The maximum absolute atomic E-state index is 11.5. The van der Waals surface area contributed by atoms with E-state index >= 15 is 0 Å². The fourth-order valence-electron chi connectivity index (χ4n) is 2.93. The molecule has 0 radical (unpaired) electrons. The highest BCUT2D eigenvalue weighted by molar-refractivity contribution is 5.37. The van der Waals surface area contributed by atoms with Crippen molar-refractivity contribution in [3.05, 3.63) is 51.7 Å². The summed E-state index contributed by atoms with van der Waals surface area (Å²) in [6.07, 6.45) is 0. The molecule has 1 aromatic heterocycles. The Balaban J connectivity index is 1.84. The largest absolute Gasteiger partial charge is 0.343 e. The Kier molecular flexibility index (Phi) is 3.59. The lowest BCUT2D eigenvalue weighted by Crippen LogP contribution is -2.37. The van der Waals surface area contributed by atoms with E-state index in [0.717, 1.165) is 30.0 Å².